The van der Waals surface area contributed by atoms with Gasteiger partial charge in [0.2, 0.25) is 0 Å². The second-order valence-electron chi connectivity index (χ2n) is 8.89. The van der Waals surface area contributed by atoms with E-state index in [2.05, 4.69) is 142 Å². The van der Waals surface area contributed by atoms with E-state index in [1.165, 1.54) is 50.3 Å². The van der Waals surface area contributed by atoms with Crippen LogP contribution in [0.15, 0.2) is 101 Å². The Morgan fingerprint density at radius 2 is 1.28 bits per heavy atom. The minimum absolute atomic E-state index is 0. The van der Waals surface area contributed by atoms with Gasteiger partial charge in [0.1, 0.15) is 0 Å². The van der Waals surface area contributed by atoms with Gasteiger partial charge in [-0.3, -0.25) is 0 Å². The van der Waals surface area contributed by atoms with Crippen molar-refractivity contribution >= 4 is 69.1 Å². The summed E-state index contributed by atoms with van der Waals surface area (Å²) in [5.41, 5.74) is 8.82. The van der Waals surface area contributed by atoms with Crippen LogP contribution in [0.4, 0.5) is 0 Å². The topological polar surface area (TPSA) is 0 Å². The Kier molecular flexibility index (Phi) is 8.33. The van der Waals surface area contributed by atoms with E-state index in [-0.39, 0.29) is 24.8 Å². The zero-order chi connectivity index (χ0) is 22.8. The zero-order valence-corrected chi connectivity index (χ0v) is 27.9. The number of benzene rings is 4. The summed E-state index contributed by atoms with van der Waals surface area (Å²) in [7, 11) is 0. The van der Waals surface area contributed by atoms with E-state index in [0.29, 0.717) is 11.8 Å². The number of fused-ring (bicyclic) bond motifs is 3. The van der Waals surface area contributed by atoms with Crippen molar-refractivity contribution in [3.63, 3.8) is 0 Å². The van der Waals surface area contributed by atoms with Crippen molar-refractivity contribution in [3.05, 3.63) is 132 Å². The molecule has 6 bridgehead atoms. The molecule has 0 fully saturated rings. The van der Waals surface area contributed by atoms with Gasteiger partial charge < -0.3 is 24.8 Å². The molecule has 4 aromatic rings. The Balaban J connectivity index is 0.00000133. The number of allylic oxidation sites excluding steroid dienone is 2. The van der Waals surface area contributed by atoms with Gasteiger partial charge in [0.15, 0.2) is 0 Å². The fraction of sp³-hybridized carbons (Fsp3) is 0.0667. The first-order chi connectivity index (χ1) is 16.7. The van der Waals surface area contributed by atoms with Gasteiger partial charge in [-0.2, -0.15) is 0 Å². The van der Waals surface area contributed by atoms with Crippen LogP contribution >= 0.6 is 56.9 Å². The summed E-state index contributed by atoms with van der Waals surface area (Å²) in [6, 6.07) is 32.0. The van der Waals surface area contributed by atoms with Gasteiger partial charge in [-0.1, -0.05) is 0 Å². The van der Waals surface area contributed by atoms with E-state index in [1.807, 2.05) is 11.8 Å². The van der Waals surface area contributed by atoms with Crippen LogP contribution in [0.1, 0.15) is 45.2 Å². The van der Waals surface area contributed by atoms with Crippen molar-refractivity contribution in [1.29, 1.82) is 0 Å². The summed E-state index contributed by atoms with van der Waals surface area (Å²) in [6.07, 6.45) is 5.13. The molecule has 4 aromatic carbocycles. The van der Waals surface area contributed by atoms with Crippen LogP contribution in [0.25, 0.3) is 12.2 Å². The van der Waals surface area contributed by atoms with Gasteiger partial charge in [-0.15, -0.1) is 0 Å². The smallest absolute Gasteiger partial charge is 1.00 e. The number of halogens is 4. The van der Waals surface area contributed by atoms with Crippen LogP contribution in [-0.4, -0.2) is 0 Å². The first-order valence-electron chi connectivity index (χ1n) is 11.3. The molecule has 0 radical (unpaired) electrons. The maximum Gasteiger partial charge on any atom is -1.00 e. The molecule has 2 aliphatic carbocycles. The molecule has 0 amide bonds. The molecule has 0 saturated heterocycles. The normalized spacial score (nSPS) is 17.9. The van der Waals surface area contributed by atoms with E-state index in [0.717, 1.165) is 0 Å². The maximum atomic E-state index is 2.59. The van der Waals surface area contributed by atoms with Crippen LogP contribution in [0.2, 0.25) is 0 Å². The minimum atomic E-state index is -1.04. The van der Waals surface area contributed by atoms with Gasteiger partial charge in [0.25, 0.3) is 0 Å². The predicted octanol–water partition coefficient (Wildman–Crippen LogP) is 3.12. The first kappa shape index (κ1) is 27.2. The third kappa shape index (κ3) is 4.56. The predicted molar refractivity (Wildman–Crippen MR) is 155 cm³/mol. The summed E-state index contributed by atoms with van der Waals surface area (Å²) in [5.74, 6) is 0.797. The third-order valence-electron chi connectivity index (χ3n) is 6.95. The van der Waals surface area contributed by atoms with E-state index < -0.39 is 23.2 Å². The number of hydrogen-bond acceptors (Lipinski definition) is 1. The molecule has 2 atom stereocenters. The van der Waals surface area contributed by atoms with Crippen molar-refractivity contribution in [3.8, 4) is 0 Å². The first-order valence-corrected chi connectivity index (χ1v) is 16.7. The van der Waals surface area contributed by atoms with Gasteiger partial charge in [0, 0.05) is 0 Å². The van der Waals surface area contributed by atoms with E-state index in [4.69, 9.17) is 0 Å². The van der Waals surface area contributed by atoms with Crippen molar-refractivity contribution in [1.82, 2.24) is 0 Å². The molecule has 4 aliphatic rings. The molecule has 0 aromatic heterocycles. The number of hydrogen-bond donors (Lipinski definition) is 0. The average molecular weight is 826 g/mol. The summed E-state index contributed by atoms with van der Waals surface area (Å²) in [4.78, 5) is 2.74. The maximum absolute atomic E-state index is 2.59. The fourth-order valence-electron chi connectivity index (χ4n) is 5.48. The molecular formula is C30H18Cl2I2SZr. The van der Waals surface area contributed by atoms with Crippen molar-refractivity contribution in [2.75, 3.05) is 0 Å². The molecule has 0 saturated carbocycles. The van der Waals surface area contributed by atoms with E-state index in [9.17, 15) is 0 Å². The molecule has 2 aliphatic heterocycles. The van der Waals surface area contributed by atoms with Crippen LogP contribution in [0, 0.1) is 7.14 Å². The van der Waals surface area contributed by atoms with Crippen molar-refractivity contribution in [2.45, 2.75) is 21.6 Å². The standard InChI is InChI=1S/C15H8IS.C15H10I.2ClH.Zr/c16-13-7-8-14-12-6-5-11(15(12)13)9-1-3-10(17-14)4-2-9;16-14-8-4-7-12-9-10-13(15(12)14)11-5-2-1-3-6-11;;;/h1-4,6-8,11H;1-9,13H;2*1H;/q;;;;+2/p-2. The molecule has 36 heavy (non-hydrogen) atoms. The second-order valence-corrected chi connectivity index (χ2v) is 15.8. The minimum Gasteiger partial charge on any atom is -1.00 e. The van der Waals surface area contributed by atoms with E-state index in [1.54, 1.807) is 6.56 Å². The average Bonchev–Trinajstić information content (AvgIpc) is 3.43. The molecule has 0 nitrogen and oxygen atoms in total. The number of rotatable bonds is 3. The molecule has 0 spiro atoms. The van der Waals surface area contributed by atoms with Crippen LogP contribution in [0.3, 0.4) is 0 Å². The van der Waals surface area contributed by atoms with Gasteiger partial charge >= 0.3 is 246 Å². The Hall–Kier alpha value is -0.367. The van der Waals surface area contributed by atoms with Gasteiger partial charge in [-0.05, 0) is 0 Å². The fourth-order valence-corrected chi connectivity index (χ4v) is 12.2. The SMILES string of the molecule is Ic1cccc2c1C(c1ccccc1)[C]([Zr+2][C]1=Cc3c4ccc(I)c3C1c1ccc(cc1)S4)=C2.[Cl-].[Cl-]. The van der Waals surface area contributed by atoms with Crippen molar-refractivity contribution < 1.29 is 48.0 Å². The van der Waals surface area contributed by atoms with Crippen LogP contribution in [-0.2, 0) is 23.2 Å². The Morgan fingerprint density at radius 1 is 0.611 bits per heavy atom. The largest absolute Gasteiger partial charge is 1.00 e. The molecule has 2 unspecified atom stereocenters. The van der Waals surface area contributed by atoms with Crippen LogP contribution < -0.4 is 24.8 Å². The molecule has 8 rings (SSSR count). The van der Waals surface area contributed by atoms with Gasteiger partial charge in [-0.25, -0.2) is 0 Å². The Morgan fingerprint density at radius 3 is 2.06 bits per heavy atom. The molecule has 6 heteroatoms. The summed E-state index contributed by atoms with van der Waals surface area (Å²) >= 11 is 5.97. The Bertz CT molecular complexity index is 1530. The van der Waals surface area contributed by atoms with Crippen LogP contribution in [0.5, 0.6) is 0 Å². The summed E-state index contributed by atoms with van der Waals surface area (Å²) in [6.45, 7) is 0. The molecule has 176 valence electrons. The summed E-state index contributed by atoms with van der Waals surface area (Å²) < 4.78 is 6.15. The zero-order valence-electron chi connectivity index (χ0n) is 18.8. The molecule has 0 N–H and O–H groups in total. The second kappa shape index (κ2) is 11.0. The van der Waals surface area contributed by atoms with E-state index >= 15 is 0 Å². The monoisotopic (exact) mass is 824 g/mol. The van der Waals surface area contributed by atoms with Crippen molar-refractivity contribution in [2.24, 2.45) is 0 Å². The van der Waals surface area contributed by atoms with Gasteiger partial charge in [0.05, 0.1) is 0 Å². The molecular weight excluding hydrogens is 808 g/mol. The quantitative estimate of drug-likeness (QED) is 0.287. The third-order valence-corrected chi connectivity index (χ3v) is 13.5. The summed E-state index contributed by atoms with van der Waals surface area (Å²) in [5, 5.41) is 0. The Labute approximate surface area is 267 Å². The molecule has 2 heterocycles.